The van der Waals surface area contributed by atoms with Crippen LogP contribution < -0.4 is 5.32 Å². The van der Waals surface area contributed by atoms with E-state index in [0.717, 1.165) is 57.6 Å². The molecule has 1 N–H and O–H groups in total. The SMILES string of the molecule is O=C(Nc1cnn(C[C@H]2CCCO2)c1)N1C[C@H]2CC=CC[C@H]2C1. The molecule has 0 spiro atoms. The molecule has 124 valence electrons. The van der Waals surface area contributed by atoms with Crippen molar-refractivity contribution in [3.63, 3.8) is 0 Å². The van der Waals surface area contributed by atoms with Crippen LogP contribution in [0.5, 0.6) is 0 Å². The van der Waals surface area contributed by atoms with Crippen LogP contribution in [-0.2, 0) is 11.3 Å². The van der Waals surface area contributed by atoms with Crippen molar-refractivity contribution >= 4 is 11.7 Å². The normalized spacial score (nSPS) is 29.7. The lowest BCUT2D eigenvalue weighted by Crippen LogP contribution is -2.33. The van der Waals surface area contributed by atoms with Crippen LogP contribution in [0, 0.1) is 11.8 Å². The van der Waals surface area contributed by atoms with Gasteiger partial charge in [0.25, 0.3) is 0 Å². The third kappa shape index (κ3) is 3.27. The van der Waals surface area contributed by atoms with Crippen LogP contribution in [0.2, 0.25) is 0 Å². The Bertz CT molecular complexity index is 575. The Morgan fingerprint density at radius 2 is 2.09 bits per heavy atom. The summed E-state index contributed by atoms with van der Waals surface area (Å²) < 4.78 is 7.48. The first-order valence-corrected chi connectivity index (χ1v) is 8.63. The molecule has 6 nitrogen and oxygen atoms in total. The van der Waals surface area contributed by atoms with Gasteiger partial charge in [0.05, 0.1) is 24.5 Å². The second-order valence-electron chi connectivity index (χ2n) is 6.88. The van der Waals surface area contributed by atoms with Crippen molar-refractivity contribution in [1.29, 1.82) is 0 Å². The van der Waals surface area contributed by atoms with Crippen LogP contribution in [0.25, 0.3) is 0 Å². The zero-order chi connectivity index (χ0) is 15.6. The summed E-state index contributed by atoms with van der Waals surface area (Å²) in [5, 5.41) is 7.31. The first kappa shape index (κ1) is 14.8. The summed E-state index contributed by atoms with van der Waals surface area (Å²) in [6, 6.07) is -0.00364. The van der Waals surface area contributed by atoms with Crippen molar-refractivity contribution in [1.82, 2.24) is 14.7 Å². The standard InChI is InChI=1S/C17H24N4O2/c22-17(20-9-13-4-1-2-5-14(13)10-20)19-15-8-18-21(11-15)12-16-6-3-7-23-16/h1-2,8,11,13-14,16H,3-7,9-10,12H2,(H,19,22)/t13-,14+,16-/m1/s1. The number of aromatic nitrogens is 2. The van der Waals surface area contributed by atoms with E-state index in [0.29, 0.717) is 11.8 Å². The Morgan fingerprint density at radius 1 is 1.30 bits per heavy atom. The number of rotatable bonds is 3. The lowest BCUT2D eigenvalue weighted by atomic mass is 9.86. The number of anilines is 1. The Balaban J connectivity index is 1.31. The number of urea groups is 1. The predicted octanol–water partition coefficient (Wildman–Crippen LogP) is 2.49. The van der Waals surface area contributed by atoms with Crippen molar-refractivity contribution in [2.45, 2.75) is 38.3 Å². The fourth-order valence-corrected chi connectivity index (χ4v) is 3.91. The van der Waals surface area contributed by atoms with E-state index in [1.807, 2.05) is 15.8 Å². The van der Waals surface area contributed by atoms with Crippen LogP contribution in [0.15, 0.2) is 24.5 Å². The number of likely N-dealkylation sites (tertiary alicyclic amines) is 1. The van der Waals surface area contributed by atoms with Gasteiger partial charge in [-0.25, -0.2) is 4.79 Å². The summed E-state index contributed by atoms with van der Waals surface area (Å²) in [5.41, 5.74) is 0.765. The fourth-order valence-electron chi connectivity index (χ4n) is 3.91. The van der Waals surface area contributed by atoms with E-state index < -0.39 is 0 Å². The molecule has 6 heteroatoms. The van der Waals surface area contributed by atoms with Crippen molar-refractivity contribution in [2.75, 3.05) is 25.0 Å². The molecule has 23 heavy (non-hydrogen) atoms. The van der Waals surface area contributed by atoms with Gasteiger partial charge in [0.1, 0.15) is 0 Å². The van der Waals surface area contributed by atoms with E-state index in [2.05, 4.69) is 22.6 Å². The Hall–Kier alpha value is -1.82. The van der Waals surface area contributed by atoms with Gasteiger partial charge < -0.3 is 15.0 Å². The summed E-state index contributed by atoms with van der Waals surface area (Å²) in [6.07, 6.45) is 12.8. The number of fused-ring (bicyclic) bond motifs is 1. The average molecular weight is 316 g/mol. The number of ether oxygens (including phenoxy) is 1. The molecule has 0 aromatic carbocycles. The van der Waals surface area contributed by atoms with Crippen LogP contribution >= 0.6 is 0 Å². The second-order valence-corrected chi connectivity index (χ2v) is 6.88. The number of allylic oxidation sites excluding steroid dienone is 2. The highest BCUT2D eigenvalue weighted by molar-refractivity contribution is 5.89. The molecule has 2 fully saturated rings. The van der Waals surface area contributed by atoms with Gasteiger partial charge in [-0.15, -0.1) is 0 Å². The first-order chi connectivity index (χ1) is 11.3. The molecule has 1 aliphatic carbocycles. The minimum atomic E-state index is -0.00364. The van der Waals surface area contributed by atoms with Crippen LogP contribution in [-0.4, -0.2) is 46.5 Å². The highest BCUT2D eigenvalue weighted by atomic mass is 16.5. The molecule has 0 saturated carbocycles. The summed E-state index contributed by atoms with van der Waals surface area (Å²) in [4.78, 5) is 14.4. The van der Waals surface area contributed by atoms with Gasteiger partial charge in [0.2, 0.25) is 0 Å². The largest absolute Gasteiger partial charge is 0.376 e. The van der Waals surface area contributed by atoms with E-state index >= 15 is 0 Å². The van der Waals surface area contributed by atoms with Gasteiger partial charge in [-0.1, -0.05) is 12.2 Å². The number of carbonyl (C=O) groups excluding carboxylic acids is 1. The van der Waals surface area contributed by atoms with E-state index in [9.17, 15) is 4.79 Å². The van der Waals surface area contributed by atoms with Crippen LogP contribution in [0.4, 0.5) is 10.5 Å². The molecule has 0 unspecified atom stereocenters. The maximum atomic E-state index is 12.4. The molecule has 2 amide bonds. The number of amides is 2. The van der Waals surface area contributed by atoms with Gasteiger partial charge in [0, 0.05) is 25.9 Å². The van der Waals surface area contributed by atoms with Gasteiger partial charge in [0.15, 0.2) is 0 Å². The molecule has 4 rings (SSSR count). The minimum Gasteiger partial charge on any atom is -0.376 e. The molecule has 0 radical (unpaired) electrons. The van der Waals surface area contributed by atoms with Crippen molar-refractivity contribution in [2.24, 2.45) is 11.8 Å². The molecular weight excluding hydrogens is 292 g/mol. The molecule has 3 heterocycles. The number of hydrogen-bond acceptors (Lipinski definition) is 3. The monoisotopic (exact) mass is 316 g/mol. The third-order valence-corrected chi connectivity index (χ3v) is 5.21. The number of nitrogens with zero attached hydrogens (tertiary/aromatic N) is 3. The molecular formula is C17H24N4O2. The summed E-state index contributed by atoms with van der Waals surface area (Å²) in [5.74, 6) is 1.26. The number of carbonyl (C=O) groups is 1. The molecule has 1 aromatic heterocycles. The van der Waals surface area contributed by atoms with Crippen LogP contribution in [0.1, 0.15) is 25.7 Å². The summed E-state index contributed by atoms with van der Waals surface area (Å²) >= 11 is 0. The molecule has 3 atom stereocenters. The topological polar surface area (TPSA) is 59.4 Å². The molecule has 2 aliphatic heterocycles. The third-order valence-electron chi connectivity index (χ3n) is 5.21. The van der Waals surface area contributed by atoms with E-state index in [4.69, 9.17) is 4.74 Å². The van der Waals surface area contributed by atoms with E-state index in [1.54, 1.807) is 6.20 Å². The zero-order valence-corrected chi connectivity index (χ0v) is 13.4. The minimum absolute atomic E-state index is 0.00364. The lowest BCUT2D eigenvalue weighted by molar-refractivity contribution is 0.0940. The fraction of sp³-hybridized carbons (Fsp3) is 0.647. The zero-order valence-electron chi connectivity index (χ0n) is 13.4. The Labute approximate surface area is 136 Å². The van der Waals surface area contributed by atoms with Gasteiger partial charge >= 0.3 is 6.03 Å². The van der Waals surface area contributed by atoms with Gasteiger partial charge in [-0.3, -0.25) is 4.68 Å². The highest BCUT2D eigenvalue weighted by Gasteiger charge is 2.35. The smallest absolute Gasteiger partial charge is 0.321 e. The lowest BCUT2D eigenvalue weighted by Gasteiger charge is -2.17. The Morgan fingerprint density at radius 3 is 2.78 bits per heavy atom. The first-order valence-electron chi connectivity index (χ1n) is 8.63. The van der Waals surface area contributed by atoms with E-state index in [-0.39, 0.29) is 12.1 Å². The highest BCUT2D eigenvalue weighted by Crippen LogP contribution is 2.32. The second kappa shape index (κ2) is 6.35. The molecule has 1 aromatic rings. The predicted molar refractivity (Wildman–Crippen MR) is 87.1 cm³/mol. The van der Waals surface area contributed by atoms with Gasteiger partial charge in [-0.2, -0.15) is 5.10 Å². The van der Waals surface area contributed by atoms with E-state index in [1.165, 1.54) is 0 Å². The Kier molecular flexibility index (Phi) is 4.08. The average Bonchev–Trinajstić information content (AvgIpc) is 3.28. The molecule has 2 saturated heterocycles. The van der Waals surface area contributed by atoms with Crippen molar-refractivity contribution in [3.05, 3.63) is 24.5 Å². The van der Waals surface area contributed by atoms with Gasteiger partial charge in [-0.05, 0) is 37.5 Å². The van der Waals surface area contributed by atoms with Crippen molar-refractivity contribution < 1.29 is 9.53 Å². The maximum absolute atomic E-state index is 12.4. The number of hydrogen-bond donors (Lipinski definition) is 1. The number of nitrogens with one attached hydrogen (secondary N) is 1. The summed E-state index contributed by atoms with van der Waals surface area (Å²) in [6.45, 7) is 3.34. The quantitative estimate of drug-likeness (QED) is 0.872. The van der Waals surface area contributed by atoms with Crippen molar-refractivity contribution in [3.8, 4) is 0 Å². The maximum Gasteiger partial charge on any atom is 0.321 e. The molecule has 3 aliphatic rings. The summed E-state index contributed by atoms with van der Waals surface area (Å²) in [7, 11) is 0. The van der Waals surface area contributed by atoms with Crippen LogP contribution in [0.3, 0.4) is 0 Å². The molecule has 0 bridgehead atoms.